The first kappa shape index (κ1) is 21.7. The Kier molecular flexibility index (Phi) is 8.19. The lowest BCUT2D eigenvalue weighted by Gasteiger charge is -2.34. The van der Waals surface area contributed by atoms with Crippen LogP contribution in [0, 0.1) is 5.41 Å². The van der Waals surface area contributed by atoms with Crippen LogP contribution in [-0.2, 0) is 14.9 Å². The first-order chi connectivity index (χ1) is 11.4. The van der Waals surface area contributed by atoms with Crippen molar-refractivity contribution in [3.63, 3.8) is 0 Å². The number of benzene rings is 1. The summed E-state index contributed by atoms with van der Waals surface area (Å²) in [6.45, 7) is 9.02. The Morgan fingerprint density at radius 3 is 2.36 bits per heavy atom. The highest BCUT2D eigenvalue weighted by Crippen LogP contribution is 2.29. The van der Waals surface area contributed by atoms with Crippen LogP contribution in [0.5, 0.6) is 5.75 Å². The van der Waals surface area contributed by atoms with Gasteiger partial charge in [0.15, 0.2) is 0 Å². The molecule has 5 nitrogen and oxygen atoms in total. The molecule has 0 saturated carbocycles. The Hall–Kier alpha value is -1.30. The van der Waals surface area contributed by atoms with Crippen LogP contribution >= 0.6 is 12.4 Å². The van der Waals surface area contributed by atoms with Crippen LogP contribution in [0.15, 0.2) is 24.3 Å². The molecule has 25 heavy (non-hydrogen) atoms. The summed E-state index contributed by atoms with van der Waals surface area (Å²) in [7, 11) is 0. The summed E-state index contributed by atoms with van der Waals surface area (Å²) < 4.78 is 11.0. The van der Waals surface area contributed by atoms with Gasteiger partial charge in [-0.1, -0.05) is 32.9 Å². The number of hydrogen-bond donors (Lipinski definition) is 2. The summed E-state index contributed by atoms with van der Waals surface area (Å²) in [6.07, 6.45) is 1.37. The number of rotatable bonds is 6. The van der Waals surface area contributed by atoms with E-state index in [4.69, 9.17) is 15.2 Å². The van der Waals surface area contributed by atoms with Crippen LogP contribution in [-0.4, -0.2) is 38.8 Å². The second-order valence-corrected chi connectivity index (χ2v) is 7.48. The third-order valence-corrected chi connectivity index (χ3v) is 4.70. The zero-order chi connectivity index (χ0) is 17.6. The van der Waals surface area contributed by atoms with Gasteiger partial charge in [0.25, 0.3) is 0 Å². The Morgan fingerprint density at radius 2 is 1.84 bits per heavy atom. The molecule has 1 aliphatic rings. The minimum atomic E-state index is -0.480. The Labute approximate surface area is 157 Å². The summed E-state index contributed by atoms with van der Waals surface area (Å²) in [5, 5.41) is 2.95. The van der Waals surface area contributed by atoms with Gasteiger partial charge in [-0.15, -0.1) is 12.4 Å². The maximum absolute atomic E-state index is 12.4. The van der Waals surface area contributed by atoms with E-state index in [1.165, 1.54) is 5.56 Å². The standard InChI is InChI=1S/C19H30N2O3.ClH/c1-18(2,3)15-4-6-16(7-5-15)24-13-10-21-17(22)19(14-20)8-11-23-12-9-19;/h4-7H,8-14,20H2,1-3H3,(H,21,22);1H. The summed E-state index contributed by atoms with van der Waals surface area (Å²) in [5.74, 6) is 0.830. The average Bonchev–Trinajstić information content (AvgIpc) is 2.58. The number of hydrogen-bond acceptors (Lipinski definition) is 4. The lowest BCUT2D eigenvalue weighted by molar-refractivity contribution is -0.136. The third-order valence-electron chi connectivity index (χ3n) is 4.70. The SMILES string of the molecule is CC(C)(C)c1ccc(OCCNC(=O)C2(CN)CCOCC2)cc1.Cl. The normalized spacial score (nSPS) is 16.6. The fraction of sp³-hybridized carbons (Fsp3) is 0.632. The van der Waals surface area contributed by atoms with Gasteiger partial charge in [0.05, 0.1) is 12.0 Å². The highest BCUT2D eigenvalue weighted by Gasteiger charge is 2.38. The van der Waals surface area contributed by atoms with Crippen molar-refractivity contribution in [2.45, 2.75) is 39.0 Å². The number of ether oxygens (including phenoxy) is 2. The van der Waals surface area contributed by atoms with Crippen molar-refractivity contribution in [1.29, 1.82) is 0 Å². The summed E-state index contributed by atoms with van der Waals surface area (Å²) in [5.41, 5.74) is 6.76. The van der Waals surface area contributed by atoms with E-state index < -0.39 is 5.41 Å². The van der Waals surface area contributed by atoms with Crippen molar-refractivity contribution in [2.24, 2.45) is 11.1 Å². The largest absolute Gasteiger partial charge is 0.492 e. The lowest BCUT2D eigenvalue weighted by atomic mass is 9.79. The fourth-order valence-corrected chi connectivity index (χ4v) is 2.86. The number of halogens is 1. The van der Waals surface area contributed by atoms with E-state index in [2.05, 4.69) is 38.2 Å². The minimum absolute atomic E-state index is 0. The van der Waals surface area contributed by atoms with Gasteiger partial charge in [-0.2, -0.15) is 0 Å². The molecule has 1 fully saturated rings. The maximum atomic E-state index is 12.4. The van der Waals surface area contributed by atoms with Crippen molar-refractivity contribution in [3.8, 4) is 5.75 Å². The van der Waals surface area contributed by atoms with Crippen molar-refractivity contribution in [3.05, 3.63) is 29.8 Å². The molecule has 0 aromatic heterocycles. The van der Waals surface area contributed by atoms with Crippen molar-refractivity contribution in [1.82, 2.24) is 5.32 Å². The fourth-order valence-electron chi connectivity index (χ4n) is 2.86. The minimum Gasteiger partial charge on any atom is -0.492 e. The Balaban J connectivity index is 0.00000312. The molecule has 2 rings (SSSR count). The maximum Gasteiger partial charge on any atom is 0.227 e. The van der Waals surface area contributed by atoms with E-state index in [9.17, 15) is 4.79 Å². The van der Waals surface area contributed by atoms with Gasteiger partial charge in [-0.05, 0) is 36.0 Å². The lowest BCUT2D eigenvalue weighted by Crippen LogP contribution is -2.49. The van der Waals surface area contributed by atoms with Gasteiger partial charge in [0, 0.05) is 19.8 Å². The molecule has 0 aliphatic carbocycles. The van der Waals surface area contributed by atoms with Gasteiger partial charge >= 0.3 is 0 Å². The van der Waals surface area contributed by atoms with E-state index in [1.54, 1.807) is 0 Å². The second-order valence-electron chi connectivity index (χ2n) is 7.48. The van der Waals surface area contributed by atoms with E-state index >= 15 is 0 Å². The van der Waals surface area contributed by atoms with Gasteiger partial charge in [-0.25, -0.2) is 0 Å². The van der Waals surface area contributed by atoms with Gasteiger partial charge in [0.2, 0.25) is 5.91 Å². The summed E-state index contributed by atoms with van der Waals surface area (Å²) in [6, 6.07) is 8.11. The zero-order valence-electron chi connectivity index (χ0n) is 15.5. The van der Waals surface area contributed by atoms with Crippen LogP contribution in [0.1, 0.15) is 39.2 Å². The topological polar surface area (TPSA) is 73.6 Å². The molecule has 1 aromatic rings. The molecule has 3 N–H and O–H groups in total. The second kappa shape index (κ2) is 9.41. The smallest absolute Gasteiger partial charge is 0.227 e. The first-order valence-corrected chi connectivity index (χ1v) is 8.67. The molecule has 1 aromatic carbocycles. The molecule has 0 atom stereocenters. The van der Waals surface area contributed by atoms with Gasteiger partial charge in [0.1, 0.15) is 12.4 Å². The number of amides is 1. The van der Waals surface area contributed by atoms with Crippen molar-refractivity contribution in [2.75, 3.05) is 32.9 Å². The molecule has 1 heterocycles. The molecule has 6 heteroatoms. The van der Waals surface area contributed by atoms with Crippen LogP contribution in [0.2, 0.25) is 0 Å². The molecular weight excluding hydrogens is 340 g/mol. The van der Waals surface area contributed by atoms with Crippen LogP contribution in [0.3, 0.4) is 0 Å². The predicted octanol–water partition coefficient (Wildman–Crippen LogP) is 2.66. The molecular formula is C19H31ClN2O3. The molecule has 0 unspecified atom stereocenters. The first-order valence-electron chi connectivity index (χ1n) is 8.67. The summed E-state index contributed by atoms with van der Waals surface area (Å²) >= 11 is 0. The van der Waals surface area contributed by atoms with Crippen molar-refractivity contribution < 1.29 is 14.3 Å². The highest BCUT2D eigenvalue weighted by molar-refractivity contribution is 5.85. The van der Waals surface area contributed by atoms with Gasteiger partial charge < -0.3 is 20.5 Å². The molecule has 1 aliphatic heterocycles. The van der Waals surface area contributed by atoms with Crippen LogP contribution in [0.25, 0.3) is 0 Å². The molecule has 0 radical (unpaired) electrons. The molecule has 1 amide bonds. The highest BCUT2D eigenvalue weighted by atomic mass is 35.5. The number of carbonyl (C=O) groups excluding carboxylic acids is 1. The number of nitrogens with two attached hydrogens (primary N) is 1. The average molecular weight is 371 g/mol. The zero-order valence-corrected chi connectivity index (χ0v) is 16.3. The van der Waals surface area contributed by atoms with E-state index in [0.717, 1.165) is 5.75 Å². The predicted molar refractivity (Wildman–Crippen MR) is 102 cm³/mol. The van der Waals surface area contributed by atoms with Crippen molar-refractivity contribution >= 4 is 18.3 Å². The molecule has 1 saturated heterocycles. The van der Waals surface area contributed by atoms with Crippen LogP contribution in [0.4, 0.5) is 0 Å². The molecule has 142 valence electrons. The van der Waals surface area contributed by atoms with E-state index in [-0.39, 0.29) is 23.7 Å². The molecule has 0 spiro atoms. The summed E-state index contributed by atoms with van der Waals surface area (Å²) in [4.78, 5) is 12.4. The number of nitrogens with one attached hydrogen (secondary N) is 1. The monoisotopic (exact) mass is 370 g/mol. The number of carbonyl (C=O) groups is 1. The quantitative estimate of drug-likeness (QED) is 0.755. The third kappa shape index (κ3) is 5.87. The Bertz CT molecular complexity index is 535. The van der Waals surface area contributed by atoms with E-state index in [1.807, 2.05) is 12.1 Å². The molecule has 0 bridgehead atoms. The van der Waals surface area contributed by atoms with E-state index in [0.29, 0.717) is 45.8 Å². The Morgan fingerprint density at radius 1 is 1.24 bits per heavy atom. The van der Waals surface area contributed by atoms with Gasteiger partial charge in [-0.3, -0.25) is 4.79 Å². The van der Waals surface area contributed by atoms with Crippen LogP contribution < -0.4 is 15.8 Å².